The van der Waals surface area contributed by atoms with Crippen LogP contribution in [0, 0.1) is 0 Å². The maximum Gasteiger partial charge on any atom is 0.200 e. The van der Waals surface area contributed by atoms with Crippen molar-refractivity contribution in [1.29, 1.82) is 0 Å². The van der Waals surface area contributed by atoms with Gasteiger partial charge in [0.1, 0.15) is 0 Å². The van der Waals surface area contributed by atoms with Crippen molar-refractivity contribution in [2.24, 2.45) is 0 Å². The molecule has 2 aromatic heterocycles. The molecular formula is C17H22N2O2S2. The number of hydrogen-bond acceptors (Lipinski definition) is 5. The lowest BCUT2D eigenvalue weighted by Gasteiger charge is -2.26. The van der Waals surface area contributed by atoms with Gasteiger partial charge < -0.3 is 4.90 Å². The zero-order valence-corrected chi connectivity index (χ0v) is 15.3. The Kier molecular flexibility index (Phi) is 4.23. The lowest BCUT2D eigenvalue weighted by atomic mass is 10.1. The van der Waals surface area contributed by atoms with Gasteiger partial charge in [0, 0.05) is 6.54 Å². The minimum absolute atomic E-state index is 0.153. The summed E-state index contributed by atoms with van der Waals surface area (Å²) in [5.41, 5.74) is 2.32. The van der Waals surface area contributed by atoms with Crippen LogP contribution in [0.2, 0.25) is 0 Å². The van der Waals surface area contributed by atoms with Crippen molar-refractivity contribution < 1.29 is 8.42 Å². The fraction of sp³-hybridized carbons (Fsp3) is 0.471. The molecule has 23 heavy (non-hydrogen) atoms. The zero-order chi connectivity index (χ0) is 16.7. The molecule has 1 unspecified atom stereocenters. The van der Waals surface area contributed by atoms with Gasteiger partial charge >= 0.3 is 0 Å². The molecule has 0 aliphatic carbocycles. The van der Waals surface area contributed by atoms with Crippen LogP contribution in [0.5, 0.6) is 0 Å². The van der Waals surface area contributed by atoms with Gasteiger partial charge in [-0.25, -0.2) is 13.4 Å². The predicted molar refractivity (Wildman–Crippen MR) is 94.8 cm³/mol. The molecular weight excluding hydrogens is 328 g/mol. The Labute approximate surface area is 142 Å². The fourth-order valence-electron chi connectivity index (χ4n) is 2.90. The van der Waals surface area contributed by atoms with Gasteiger partial charge in [0.25, 0.3) is 0 Å². The summed E-state index contributed by atoms with van der Waals surface area (Å²) in [5.74, 6) is 0. The number of anilines is 1. The molecule has 1 atom stereocenters. The monoisotopic (exact) mass is 350 g/mol. The van der Waals surface area contributed by atoms with Crippen LogP contribution in [0.3, 0.4) is 0 Å². The average Bonchev–Trinajstić information content (AvgIpc) is 3.17. The maximum absolute atomic E-state index is 12.5. The second-order valence-electron chi connectivity index (χ2n) is 6.88. The third-order valence-electron chi connectivity index (χ3n) is 4.31. The molecule has 1 aliphatic heterocycles. The van der Waals surface area contributed by atoms with E-state index < -0.39 is 14.6 Å². The number of hydrogen-bond donors (Lipinski definition) is 0. The van der Waals surface area contributed by atoms with E-state index in [2.05, 4.69) is 26.7 Å². The molecule has 2 aromatic rings. The van der Waals surface area contributed by atoms with Crippen LogP contribution in [-0.2, 0) is 9.84 Å². The molecule has 6 heteroatoms. The highest BCUT2D eigenvalue weighted by atomic mass is 32.2. The molecule has 3 heterocycles. The second-order valence-corrected chi connectivity index (χ2v) is 10.3. The third-order valence-corrected chi connectivity index (χ3v) is 7.42. The van der Waals surface area contributed by atoms with Crippen LogP contribution in [-0.4, -0.2) is 24.7 Å². The molecule has 0 radical (unpaired) electrons. The van der Waals surface area contributed by atoms with Crippen molar-refractivity contribution in [2.75, 3.05) is 11.4 Å². The minimum atomic E-state index is -3.40. The molecule has 0 aromatic carbocycles. The molecule has 0 saturated carbocycles. The Bertz CT molecular complexity index is 760. The molecule has 1 saturated heterocycles. The summed E-state index contributed by atoms with van der Waals surface area (Å²) in [6, 6.07) is 6.06. The summed E-state index contributed by atoms with van der Waals surface area (Å²) in [6.45, 7) is 6.08. The van der Waals surface area contributed by atoms with Crippen LogP contribution in [0.1, 0.15) is 45.2 Å². The summed E-state index contributed by atoms with van der Waals surface area (Å²) in [4.78, 5) is 6.57. The van der Waals surface area contributed by atoms with E-state index in [0.717, 1.165) is 25.1 Å². The van der Waals surface area contributed by atoms with Crippen LogP contribution < -0.4 is 4.90 Å². The summed E-state index contributed by atoms with van der Waals surface area (Å²) in [7, 11) is -3.40. The van der Waals surface area contributed by atoms with E-state index in [1.54, 1.807) is 44.4 Å². The van der Waals surface area contributed by atoms with Crippen molar-refractivity contribution in [3.8, 4) is 0 Å². The van der Waals surface area contributed by atoms with Crippen LogP contribution in [0.15, 0.2) is 40.2 Å². The largest absolute Gasteiger partial charge is 0.363 e. The number of aromatic nitrogens is 1. The van der Waals surface area contributed by atoms with E-state index in [0.29, 0.717) is 6.04 Å². The van der Waals surface area contributed by atoms with Crippen molar-refractivity contribution in [3.63, 3.8) is 0 Å². The highest BCUT2D eigenvalue weighted by Crippen LogP contribution is 2.37. The molecule has 0 spiro atoms. The zero-order valence-electron chi connectivity index (χ0n) is 13.7. The maximum atomic E-state index is 12.5. The molecule has 0 bridgehead atoms. The van der Waals surface area contributed by atoms with E-state index in [1.807, 2.05) is 6.07 Å². The van der Waals surface area contributed by atoms with E-state index in [-0.39, 0.29) is 5.03 Å². The highest BCUT2D eigenvalue weighted by Gasteiger charge is 2.32. The van der Waals surface area contributed by atoms with Crippen LogP contribution in [0.25, 0.3) is 0 Å². The Morgan fingerprint density at radius 2 is 2.04 bits per heavy atom. The first-order valence-electron chi connectivity index (χ1n) is 7.80. The summed E-state index contributed by atoms with van der Waals surface area (Å²) in [5, 5.41) is 4.44. The number of nitrogens with zero attached hydrogens (tertiary/aromatic N) is 2. The second kappa shape index (κ2) is 5.91. The number of thiophene rings is 1. The summed E-state index contributed by atoms with van der Waals surface area (Å²) in [6.07, 6.45) is 3.96. The van der Waals surface area contributed by atoms with Gasteiger partial charge in [-0.2, -0.15) is 11.3 Å². The van der Waals surface area contributed by atoms with Gasteiger partial charge in [0.15, 0.2) is 14.9 Å². The van der Waals surface area contributed by atoms with E-state index in [1.165, 1.54) is 5.56 Å². The first-order chi connectivity index (χ1) is 10.8. The van der Waals surface area contributed by atoms with Gasteiger partial charge in [0.2, 0.25) is 0 Å². The van der Waals surface area contributed by atoms with E-state index in [9.17, 15) is 8.42 Å². The van der Waals surface area contributed by atoms with Gasteiger partial charge in [-0.15, -0.1) is 0 Å². The lowest BCUT2D eigenvalue weighted by molar-refractivity contribution is 0.556. The minimum Gasteiger partial charge on any atom is -0.363 e. The first-order valence-corrected chi connectivity index (χ1v) is 10.2. The standard InChI is InChI=1S/C17H22N2O2S2/c1-17(2,3)23(20,21)16-7-6-14(11-18-16)19-9-4-5-15(19)13-8-10-22-12-13/h6-8,10-12,15H,4-5,9H2,1-3H3. The Balaban J connectivity index is 1.88. The van der Waals surface area contributed by atoms with E-state index in [4.69, 9.17) is 0 Å². The van der Waals surface area contributed by atoms with Gasteiger partial charge in [0.05, 0.1) is 22.7 Å². The van der Waals surface area contributed by atoms with E-state index >= 15 is 0 Å². The van der Waals surface area contributed by atoms with Crippen molar-refractivity contribution in [2.45, 2.75) is 49.4 Å². The van der Waals surface area contributed by atoms with Crippen LogP contribution >= 0.6 is 11.3 Å². The van der Waals surface area contributed by atoms with Crippen molar-refractivity contribution in [1.82, 2.24) is 4.98 Å². The van der Waals surface area contributed by atoms with Crippen molar-refractivity contribution in [3.05, 3.63) is 40.7 Å². The molecule has 3 rings (SSSR count). The Morgan fingerprint density at radius 1 is 1.26 bits per heavy atom. The van der Waals surface area contributed by atoms with Crippen molar-refractivity contribution >= 4 is 26.9 Å². The molecule has 0 N–H and O–H groups in total. The van der Waals surface area contributed by atoms with Crippen LogP contribution in [0.4, 0.5) is 5.69 Å². The highest BCUT2D eigenvalue weighted by molar-refractivity contribution is 7.92. The Hall–Kier alpha value is -1.40. The summed E-state index contributed by atoms with van der Waals surface area (Å²) < 4.78 is 24.1. The van der Waals surface area contributed by atoms with Gasteiger partial charge in [-0.05, 0) is 68.1 Å². The summed E-state index contributed by atoms with van der Waals surface area (Å²) >= 11 is 1.71. The molecule has 1 aliphatic rings. The fourth-order valence-corrected chi connectivity index (χ4v) is 4.68. The molecule has 1 fully saturated rings. The normalized spacial score (nSPS) is 19.3. The smallest absolute Gasteiger partial charge is 0.200 e. The average molecular weight is 351 g/mol. The molecule has 124 valence electrons. The SMILES string of the molecule is CC(C)(C)S(=O)(=O)c1ccc(N2CCCC2c2ccsc2)cn1. The number of rotatable bonds is 3. The Morgan fingerprint density at radius 3 is 2.61 bits per heavy atom. The quantitative estimate of drug-likeness (QED) is 0.838. The predicted octanol–water partition coefficient (Wildman–Crippen LogP) is 4.06. The lowest BCUT2D eigenvalue weighted by Crippen LogP contribution is -2.29. The molecule has 4 nitrogen and oxygen atoms in total. The van der Waals surface area contributed by atoms with Gasteiger partial charge in [-0.3, -0.25) is 0 Å². The molecule has 0 amide bonds. The number of pyridine rings is 1. The third kappa shape index (κ3) is 3.02. The van der Waals surface area contributed by atoms with Gasteiger partial charge in [-0.1, -0.05) is 0 Å². The topological polar surface area (TPSA) is 50.3 Å². The first kappa shape index (κ1) is 16.5. The number of sulfone groups is 1.